The van der Waals surface area contributed by atoms with Crippen molar-refractivity contribution in [3.8, 4) is 22.3 Å². The van der Waals surface area contributed by atoms with Crippen LogP contribution in [0, 0.1) is 17.5 Å². The molecule has 2 aliphatic rings. The zero-order valence-electron chi connectivity index (χ0n) is 18.1. The Kier molecular flexibility index (Phi) is 6.06. The van der Waals surface area contributed by atoms with E-state index in [-0.39, 0.29) is 35.3 Å². The first-order chi connectivity index (χ1) is 16.0. The molecule has 2 aliphatic heterocycles. The lowest BCUT2D eigenvalue weighted by Gasteiger charge is -2.28. The van der Waals surface area contributed by atoms with Gasteiger partial charge in [-0.25, -0.2) is 13.2 Å². The Labute approximate surface area is 190 Å². The van der Waals surface area contributed by atoms with Crippen LogP contribution in [0.3, 0.4) is 0 Å². The van der Waals surface area contributed by atoms with E-state index >= 15 is 0 Å². The van der Waals surface area contributed by atoms with Gasteiger partial charge in [-0.1, -0.05) is 54.6 Å². The van der Waals surface area contributed by atoms with Gasteiger partial charge in [0.05, 0.1) is 19.8 Å². The van der Waals surface area contributed by atoms with Gasteiger partial charge in [0.15, 0.2) is 17.9 Å². The number of benzene rings is 3. The van der Waals surface area contributed by atoms with Crippen LogP contribution in [0.2, 0.25) is 0 Å². The molecule has 1 unspecified atom stereocenters. The predicted octanol–water partition coefficient (Wildman–Crippen LogP) is 6.54. The fourth-order valence-electron chi connectivity index (χ4n) is 4.09. The summed E-state index contributed by atoms with van der Waals surface area (Å²) in [6.07, 6.45) is 2.99. The highest BCUT2D eigenvalue weighted by Gasteiger charge is 2.30. The molecule has 33 heavy (non-hydrogen) atoms. The number of halogens is 3. The Morgan fingerprint density at radius 3 is 2.00 bits per heavy atom. The lowest BCUT2D eigenvalue weighted by atomic mass is 9.95. The second-order valence-corrected chi connectivity index (χ2v) is 8.23. The molecule has 0 aliphatic carbocycles. The largest absolute Gasteiger partial charge is 0.368 e. The third kappa shape index (κ3) is 4.47. The van der Waals surface area contributed by atoms with Gasteiger partial charge in [-0.3, -0.25) is 0 Å². The summed E-state index contributed by atoms with van der Waals surface area (Å²) in [5.74, 6) is -2.19. The number of epoxide rings is 1. The van der Waals surface area contributed by atoms with Crippen molar-refractivity contribution in [3.63, 3.8) is 0 Å². The molecule has 2 saturated heterocycles. The first-order valence-corrected chi connectivity index (χ1v) is 10.9. The summed E-state index contributed by atoms with van der Waals surface area (Å²) < 4.78 is 60.2. The van der Waals surface area contributed by atoms with Crippen molar-refractivity contribution < 1.29 is 27.4 Å². The molecule has 2 fully saturated rings. The molecule has 3 aromatic carbocycles. The fourth-order valence-corrected chi connectivity index (χ4v) is 4.09. The van der Waals surface area contributed by atoms with E-state index in [4.69, 9.17) is 14.2 Å². The Morgan fingerprint density at radius 2 is 1.39 bits per heavy atom. The highest BCUT2D eigenvalue weighted by atomic mass is 19.2. The molecule has 0 aromatic heterocycles. The van der Waals surface area contributed by atoms with E-state index in [1.165, 1.54) is 6.07 Å². The van der Waals surface area contributed by atoms with Crippen molar-refractivity contribution >= 4 is 0 Å². The summed E-state index contributed by atoms with van der Waals surface area (Å²) in [7, 11) is 0. The monoisotopic (exact) mass is 452 g/mol. The van der Waals surface area contributed by atoms with E-state index in [9.17, 15) is 13.2 Å². The molecule has 3 nitrogen and oxygen atoms in total. The Morgan fingerprint density at radius 1 is 0.758 bits per heavy atom. The number of hydrogen-bond donors (Lipinski definition) is 0. The van der Waals surface area contributed by atoms with Crippen LogP contribution in [0.4, 0.5) is 13.2 Å². The number of ether oxygens (including phenoxy) is 3. The minimum absolute atomic E-state index is 0.0423. The van der Waals surface area contributed by atoms with Gasteiger partial charge < -0.3 is 14.2 Å². The predicted molar refractivity (Wildman–Crippen MR) is 119 cm³/mol. The maximum atomic E-state index is 14.9. The molecular formula is C27H23F3O3. The SMILES string of the molecule is C/C=C/C1OCC(c2ccc(-c3ccc(-c4ccc(C5CO5)c(F)c4F)cc3)c(F)c2)CO1. The molecule has 0 N–H and O–H groups in total. The van der Waals surface area contributed by atoms with Crippen LogP contribution in [0.5, 0.6) is 0 Å². The van der Waals surface area contributed by atoms with Crippen LogP contribution in [0.1, 0.15) is 30.1 Å². The third-order valence-corrected chi connectivity index (χ3v) is 6.04. The van der Waals surface area contributed by atoms with E-state index in [1.807, 2.05) is 25.1 Å². The Hall–Kier alpha value is -2.93. The van der Waals surface area contributed by atoms with E-state index in [0.717, 1.165) is 5.56 Å². The van der Waals surface area contributed by atoms with Gasteiger partial charge in [-0.15, -0.1) is 0 Å². The van der Waals surface area contributed by atoms with Gasteiger partial charge in [0, 0.05) is 22.6 Å². The number of allylic oxidation sites excluding steroid dienone is 1. The fraction of sp³-hybridized carbons (Fsp3) is 0.259. The Balaban J connectivity index is 1.34. The van der Waals surface area contributed by atoms with Crippen molar-refractivity contribution in [1.82, 2.24) is 0 Å². The normalized spacial score (nSPS) is 22.6. The standard InChI is InChI=1S/C27H23F3O3/c1-2-3-25-32-13-19(14-33-25)18-8-9-20(23(28)12-18)16-4-6-17(7-5-16)21-10-11-22(24-15-31-24)27(30)26(21)29/h2-12,19,24-25H,13-15H2,1H3/b3-2+. The molecule has 0 radical (unpaired) electrons. The molecule has 3 aromatic rings. The average Bonchev–Trinajstić information content (AvgIpc) is 3.67. The highest BCUT2D eigenvalue weighted by Crippen LogP contribution is 2.36. The van der Waals surface area contributed by atoms with E-state index in [1.54, 1.807) is 42.5 Å². The number of rotatable bonds is 5. The van der Waals surface area contributed by atoms with Gasteiger partial charge in [0.2, 0.25) is 0 Å². The minimum Gasteiger partial charge on any atom is -0.368 e. The summed E-state index contributed by atoms with van der Waals surface area (Å²) in [4.78, 5) is 0. The van der Waals surface area contributed by atoms with Crippen molar-refractivity contribution in [2.75, 3.05) is 19.8 Å². The van der Waals surface area contributed by atoms with E-state index in [2.05, 4.69) is 0 Å². The summed E-state index contributed by atoms with van der Waals surface area (Å²) in [5, 5.41) is 0. The second-order valence-electron chi connectivity index (χ2n) is 8.23. The summed E-state index contributed by atoms with van der Waals surface area (Å²) in [5.41, 5.74) is 2.80. The first kappa shape index (κ1) is 21.9. The molecular weight excluding hydrogens is 429 g/mol. The lowest BCUT2D eigenvalue weighted by Crippen LogP contribution is -2.29. The van der Waals surface area contributed by atoms with Gasteiger partial charge in [0.1, 0.15) is 11.9 Å². The highest BCUT2D eigenvalue weighted by molar-refractivity contribution is 5.71. The van der Waals surface area contributed by atoms with Crippen molar-refractivity contribution in [2.45, 2.75) is 25.2 Å². The van der Waals surface area contributed by atoms with Crippen LogP contribution in [0.15, 0.2) is 66.7 Å². The molecule has 2 heterocycles. The molecule has 0 saturated carbocycles. The topological polar surface area (TPSA) is 31.0 Å². The molecule has 1 atom stereocenters. The van der Waals surface area contributed by atoms with Gasteiger partial charge >= 0.3 is 0 Å². The molecule has 6 heteroatoms. The first-order valence-electron chi connectivity index (χ1n) is 10.9. The molecule has 5 rings (SSSR count). The van der Waals surface area contributed by atoms with Crippen LogP contribution in [-0.2, 0) is 14.2 Å². The quantitative estimate of drug-likeness (QED) is 0.325. The second kappa shape index (κ2) is 9.14. The van der Waals surface area contributed by atoms with Gasteiger partial charge in [-0.2, -0.15) is 0 Å². The molecule has 0 spiro atoms. The van der Waals surface area contributed by atoms with E-state index < -0.39 is 11.6 Å². The van der Waals surface area contributed by atoms with Gasteiger partial charge in [-0.05, 0) is 35.8 Å². The molecule has 0 amide bonds. The van der Waals surface area contributed by atoms with Crippen LogP contribution >= 0.6 is 0 Å². The zero-order valence-corrected chi connectivity index (χ0v) is 18.1. The maximum absolute atomic E-state index is 14.9. The number of hydrogen-bond acceptors (Lipinski definition) is 3. The van der Waals surface area contributed by atoms with Crippen molar-refractivity contribution in [1.29, 1.82) is 0 Å². The average molecular weight is 452 g/mol. The third-order valence-electron chi connectivity index (χ3n) is 6.04. The smallest absolute Gasteiger partial charge is 0.176 e. The minimum atomic E-state index is -0.903. The Bertz CT molecular complexity index is 1180. The molecule has 170 valence electrons. The van der Waals surface area contributed by atoms with E-state index in [0.29, 0.717) is 36.5 Å². The lowest BCUT2D eigenvalue weighted by molar-refractivity contribution is -0.159. The summed E-state index contributed by atoms with van der Waals surface area (Å²) >= 11 is 0. The summed E-state index contributed by atoms with van der Waals surface area (Å²) in [6.45, 7) is 3.22. The van der Waals surface area contributed by atoms with Crippen LogP contribution < -0.4 is 0 Å². The van der Waals surface area contributed by atoms with Gasteiger partial charge in [0.25, 0.3) is 0 Å². The van der Waals surface area contributed by atoms with Crippen LogP contribution in [-0.4, -0.2) is 26.1 Å². The summed E-state index contributed by atoms with van der Waals surface area (Å²) in [6, 6.07) is 14.9. The maximum Gasteiger partial charge on any atom is 0.176 e. The van der Waals surface area contributed by atoms with Crippen molar-refractivity contribution in [2.24, 2.45) is 0 Å². The van der Waals surface area contributed by atoms with Crippen LogP contribution in [0.25, 0.3) is 22.3 Å². The zero-order chi connectivity index (χ0) is 22.9. The molecule has 0 bridgehead atoms. The van der Waals surface area contributed by atoms with Crippen molar-refractivity contribution in [3.05, 3.63) is 95.3 Å².